The van der Waals surface area contributed by atoms with E-state index in [0.29, 0.717) is 36.5 Å². The van der Waals surface area contributed by atoms with Gasteiger partial charge in [-0.15, -0.1) is 0 Å². The van der Waals surface area contributed by atoms with Gasteiger partial charge < -0.3 is 14.6 Å². The van der Waals surface area contributed by atoms with E-state index in [0.717, 1.165) is 12.8 Å². The van der Waals surface area contributed by atoms with Crippen LogP contribution in [-0.2, 0) is 0 Å². The molecule has 0 aliphatic carbocycles. The largest absolute Gasteiger partial charge is 0.493 e. The van der Waals surface area contributed by atoms with Crippen LogP contribution in [-0.4, -0.2) is 24.3 Å². The van der Waals surface area contributed by atoms with Gasteiger partial charge in [0.1, 0.15) is 11.5 Å². The van der Waals surface area contributed by atoms with Crippen molar-refractivity contribution >= 4 is 5.97 Å². The molecule has 0 spiro atoms. The molecule has 1 N–H and O–H groups in total. The number of aromatic carboxylic acids is 1. The summed E-state index contributed by atoms with van der Waals surface area (Å²) in [7, 11) is 0. The third-order valence-electron chi connectivity index (χ3n) is 6.58. The van der Waals surface area contributed by atoms with Crippen LogP contribution in [0.3, 0.4) is 0 Å². The Balaban J connectivity index is -0.000000726. The molecule has 1 aromatic carbocycles. The molecular weight excluding hydrogens is 472 g/mol. The SMILES string of the molecule is C.C.C.C.C.CCCCC(CCCC)CCOc1cc(OCCC(CCCC)CCCC)cc(C(=O)O)c1. The summed E-state index contributed by atoms with van der Waals surface area (Å²) in [6.45, 7) is 10.2. The first-order chi connectivity index (χ1) is 16.0. The highest BCUT2D eigenvalue weighted by Crippen LogP contribution is 2.26. The summed E-state index contributed by atoms with van der Waals surface area (Å²) >= 11 is 0. The van der Waals surface area contributed by atoms with Crippen molar-refractivity contribution in [2.75, 3.05) is 13.2 Å². The zero-order valence-electron chi connectivity index (χ0n) is 21.9. The van der Waals surface area contributed by atoms with Crippen LogP contribution in [0.2, 0.25) is 0 Å². The molecule has 1 aromatic rings. The highest BCUT2D eigenvalue weighted by molar-refractivity contribution is 5.88. The Morgan fingerprint density at radius 1 is 0.605 bits per heavy atom. The van der Waals surface area contributed by atoms with Crippen LogP contribution < -0.4 is 9.47 Å². The van der Waals surface area contributed by atoms with Crippen LogP contribution >= 0.6 is 0 Å². The lowest BCUT2D eigenvalue weighted by Crippen LogP contribution is -2.10. The van der Waals surface area contributed by atoms with E-state index in [1.807, 2.05) is 6.07 Å². The molecule has 0 bridgehead atoms. The Bertz CT molecular complexity index is 569. The topological polar surface area (TPSA) is 55.8 Å². The normalized spacial score (nSPS) is 9.84. The molecule has 0 heterocycles. The second-order valence-electron chi connectivity index (χ2n) is 9.57. The monoisotopic (exact) mass is 543 g/mol. The summed E-state index contributed by atoms with van der Waals surface area (Å²) in [4.78, 5) is 11.6. The standard InChI is InChI=1S/C29H50O4.5CH4/c1-5-9-13-24(14-10-6-2)17-19-32-27-21-26(29(30)31)22-28(23-27)33-20-18-25(15-11-7-3)16-12-8-4;;;;;/h21-25H,5-20H2,1-4H3,(H,30,31);5*1H4. The van der Waals surface area contributed by atoms with Crippen molar-refractivity contribution in [3.63, 3.8) is 0 Å². The zero-order valence-corrected chi connectivity index (χ0v) is 21.9. The van der Waals surface area contributed by atoms with E-state index < -0.39 is 5.97 Å². The lowest BCUT2D eigenvalue weighted by atomic mass is 9.93. The van der Waals surface area contributed by atoms with Crippen LogP contribution in [0, 0.1) is 11.8 Å². The van der Waals surface area contributed by atoms with Gasteiger partial charge in [-0.3, -0.25) is 0 Å². The molecule has 0 aliphatic heterocycles. The summed E-state index contributed by atoms with van der Waals surface area (Å²) in [6.07, 6.45) is 17.0. The minimum atomic E-state index is -0.946. The fraction of sp³-hybridized carbons (Fsp3) is 0.794. The van der Waals surface area contributed by atoms with E-state index in [9.17, 15) is 9.90 Å². The van der Waals surface area contributed by atoms with E-state index in [1.54, 1.807) is 12.1 Å². The van der Waals surface area contributed by atoms with Crippen molar-refractivity contribution in [3.8, 4) is 11.5 Å². The second kappa shape index (κ2) is 29.8. The molecule has 0 saturated heterocycles. The molecule has 230 valence electrons. The summed E-state index contributed by atoms with van der Waals surface area (Å²) in [5.74, 6) is 1.63. The first-order valence-corrected chi connectivity index (χ1v) is 13.7. The lowest BCUT2D eigenvalue weighted by Gasteiger charge is -2.18. The number of carbonyl (C=O) groups is 1. The molecule has 0 unspecified atom stereocenters. The number of hydrogen-bond donors (Lipinski definition) is 1. The molecule has 4 heteroatoms. The maximum Gasteiger partial charge on any atom is 0.335 e. The van der Waals surface area contributed by atoms with Crippen LogP contribution in [0.25, 0.3) is 0 Å². The van der Waals surface area contributed by atoms with Gasteiger partial charge >= 0.3 is 5.97 Å². The number of unbranched alkanes of at least 4 members (excludes halogenated alkanes) is 4. The maximum absolute atomic E-state index is 11.6. The molecule has 0 saturated carbocycles. The van der Waals surface area contributed by atoms with Crippen molar-refractivity contribution in [2.45, 2.75) is 155 Å². The van der Waals surface area contributed by atoms with E-state index in [2.05, 4.69) is 27.7 Å². The third-order valence-corrected chi connectivity index (χ3v) is 6.58. The molecule has 0 aromatic heterocycles. The molecule has 0 aliphatic rings. The zero-order chi connectivity index (χ0) is 24.3. The lowest BCUT2D eigenvalue weighted by molar-refractivity contribution is 0.0695. The van der Waals surface area contributed by atoms with Crippen molar-refractivity contribution in [2.24, 2.45) is 11.8 Å². The van der Waals surface area contributed by atoms with Gasteiger partial charge in [0.05, 0.1) is 18.8 Å². The predicted molar refractivity (Wildman–Crippen MR) is 172 cm³/mol. The van der Waals surface area contributed by atoms with E-state index in [4.69, 9.17) is 9.47 Å². The minimum absolute atomic E-state index is 0. The first kappa shape index (κ1) is 46.2. The quantitative estimate of drug-likeness (QED) is 0.168. The van der Waals surface area contributed by atoms with Gasteiger partial charge in [-0.2, -0.15) is 0 Å². The average Bonchev–Trinajstić information content (AvgIpc) is 2.81. The highest BCUT2D eigenvalue weighted by Gasteiger charge is 2.13. The highest BCUT2D eigenvalue weighted by atomic mass is 16.5. The Hall–Kier alpha value is -1.71. The third kappa shape index (κ3) is 21.2. The van der Waals surface area contributed by atoms with Crippen LogP contribution in [0.1, 0.15) is 165 Å². The molecule has 1 rings (SSSR count). The van der Waals surface area contributed by atoms with Crippen LogP contribution in [0.15, 0.2) is 18.2 Å². The Morgan fingerprint density at radius 3 is 1.18 bits per heavy atom. The van der Waals surface area contributed by atoms with Gasteiger partial charge in [0, 0.05) is 6.07 Å². The van der Waals surface area contributed by atoms with Crippen molar-refractivity contribution in [1.29, 1.82) is 0 Å². The molecule has 0 atom stereocenters. The van der Waals surface area contributed by atoms with Gasteiger partial charge in [-0.25, -0.2) is 4.79 Å². The van der Waals surface area contributed by atoms with Crippen molar-refractivity contribution < 1.29 is 19.4 Å². The summed E-state index contributed by atoms with van der Waals surface area (Å²) in [5, 5.41) is 9.54. The Morgan fingerprint density at radius 2 is 0.921 bits per heavy atom. The van der Waals surface area contributed by atoms with Gasteiger partial charge in [-0.1, -0.05) is 142 Å². The first-order valence-electron chi connectivity index (χ1n) is 13.7. The summed E-state index contributed by atoms with van der Waals surface area (Å²) in [5.41, 5.74) is 0.226. The second-order valence-corrected chi connectivity index (χ2v) is 9.57. The van der Waals surface area contributed by atoms with E-state index in [1.165, 1.54) is 77.0 Å². The Labute approximate surface area is 240 Å². The molecule has 0 radical (unpaired) electrons. The van der Waals surface area contributed by atoms with Crippen LogP contribution in [0.5, 0.6) is 11.5 Å². The number of ether oxygens (including phenoxy) is 2. The fourth-order valence-electron chi connectivity index (χ4n) is 4.39. The van der Waals surface area contributed by atoms with Crippen molar-refractivity contribution in [1.82, 2.24) is 0 Å². The van der Waals surface area contributed by atoms with E-state index in [-0.39, 0.29) is 42.7 Å². The summed E-state index contributed by atoms with van der Waals surface area (Å²) < 4.78 is 12.0. The molecule has 0 fully saturated rings. The van der Waals surface area contributed by atoms with Gasteiger partial charge in [0.15, 0.2) is 0 Å². The smallest absolute Gasteiger partial charge is 0.335 e. The van der Waals surface area contributed by atoms with Crippen LogP contribution in [0.4, 0.5) is 0 Å². The number of rotatable bonds is 21. The molecule has 38 heavy (non-hydrogen) atoms. The molecule has 4 nitrogen and oxygen atoms in total. The molecule has 0 amide bonds. The fourth-order valence-corrected chi connectivity index (χ4v) is 4.39. The Kier molecular flexibility index (Phi) is 36.2. The summed E-state index contributed by atoms with van der Waals surface area (Å²) in [6, 6.07) is 5.09. The molecular formula is C34H70O4. The average molecular weight is 543 g/mol. The van der Waals surface area contributed by atoms with Gasteiger partial charge in [-0.05, 0) is 36.8 Å². The number of carboxylic acids is 1. The minimum Gasteiger partial charge on any atom is -0.493 e. The predicted octanol–water partition coefficient (Wildman–Crippen LogP) is 12.1. The maximum atomic E-state index is 11.6. The number of benzene rings is 1. The number of hydrogen-bond acceptors (Lipinski definition) is 3. The number of carboxylic acid groups (broad SMARTS) is 1. The van der Waals surface area contributed by atoms with Crippen molar-refractivity contribution in [3.05, 3.63) is 23.8 Å². The van der Waals surface area contributed by atoms with Gasteiger partial charge in [0.25, 0.3) is 0 Å². The van der Waals surface area contributed by atoms with E-state index >= 15 is 0 Å². The van der Waals surface area contributed by atoms with Gasteiger partial charge in [0.2, 0.25) is 0 Å².